The van der Waals surface area contributed by atoms with Gasteiger partial charge in [0.2, 0.25) is 0 Å². The molecule has 1 aromatic rings. The average Bonchev–Trinajstić information content (AvgIpc) is 2.73. The van der Waals surface area contributed by atoms with Gasteiger partial charge in [-0.3, -0.25) is 4.79 Å². The predicted octanol–water partition coefficient (Wildman–Crippen LogP) is 3.90. The van der Waals surface area contributed by atoms with Crippen LogP contribution in [-0.4, -0.2) is 24.3 Å². The fourth-order valence-corrected chi connectivity index (χ4v) is 3.84. The average molecular weight is 355 g/mol. The van der Waals surface area contributed by atoms with Crippen LogP contribution in [0.4, 0.5) is 0 Å². The monoisotopic (exact) mass is 354 g/mol. The lowest BCUT2D eigenvalue weighted by Gasteiger charge is -2.34. The van der Waals surface area contributed by atoms with Crippen molar-refractivity contribution in [2.24, 2.45) is 0 Å². The molecule has 1 heterocycles. The standard InChI is InChI=1S/C16H19BrO4/c17-12-9-11(10-13-14(12)21-8-4-7-20-13)16(15(18)19)5-2-1-3-6-16/h9-10H,1-8H2,(H,18,19). The van der Waals surface area contributed by atoms with Crippen LogP contribution >= 0.6 is 15.9 Å². The molecule has 1 saturated carbocycles. The van der Waals surface area contributed by atoms with Crippen LogP contribution in [-0.2, 0) is 10.2 Å². The Morgan fingerprint density at radius 1 is 1.10 bits per heavy atom. The molecule has 1 aliphatic carbocycles. The van der Waals surface area contributed by atoms with Crippen molar-refractivity contribution >= 4 is 21.9 Å². The molecule has 5 heteroatoms. The number of hydrogen-bond acceptors (Lipinski definition) is 3. The normalized spacial score (nSPS) is 20.6. The van der Waals surface area contributed by atoms with Crippen molar-refractivity contribution in [2.45, 2.75) is 43.9 Å². The molecule has 1 fully saturated rings. The smallest absolute Gasteiger partial charge is 0.314 e. The first-order chi connectivity index (χ1) is 10.1. The highest BCUT2D eigenvalue weighted by molar-refractivity contribution is 9.10. The van der Waals surface area contributed by atoms with E-state index in [0.717, 1.165) is 35.7 Å². The Morgan fingerprint density at radius 2 is 1.81 bits per heavy atom. The molecule has 0 bridgehead atoms. The van der Waals surface area contributed by atoms with Crippen LogP contribution in [0.2, 0.25) is 0 Å². The van der Waals surface area contributed by atoms with Crippen molar-refractivity contribution in [1.29, 1.82) is 0 Å². The Hall–Kier alpha value is -1.23. The largest absolute Gasteiger partial charge is 0.490 e. The van der Waals surface area contributed by atoms with E-state index in [0.29, 0.717) is 37.6 Å². The molecule has 0 unspecified atom stereocenters. The first-order valence-corrected chi connectivity index (χ1v) is 8.26. The Kier molecular flexibility index (Phi) is 4.11. The molecule has 0 spiro atoms. The summed E-state index contributed by atoms with van der Waals surface area (Å²) in [5, 5.41) is 9.81. The van der Waals surface area contributed by atoms with Gasteiger partial charge in [-0.2, -0.15) is 0 Å². The lowest BCUT2D eigenvalue weighted by atomic mass is 9.69. The van der Waals surface area contributed by atoms with Crippen molar-refractivity contribution in [3.8, 4) is 11.5 Å². The topological polar surface area (TPSA) is 55.8 Å². The summed E-state index contributed by atoms with van der Waals surface area (Å²) in [6.07, 6.45) is 5.24. The third-order valence-electron chi connectivity index (χ3n) is 4.47. The maximum Gasteiger partial charge on any atom is 0.314 e. The summed E-state index contributed by atoms with van der Waals surface area (Å²) >= 11 is 3.51. The van der Waals surface area contributed by atoms with Gasteiger partial charge in [-0.25, -0.2) is 0 Å². The van der Waals surface area contributed by atoms with Crippen molar-refractivity contribution in [2.75, 3.05) is 13.2 Å². The lowest BCUT2D eigenvalue weighted by Crippen LogP contribution is -2.37. The third-order valence-corrected chi connectivity index (χ3v) is 5.06. The van der Waals surface area contributed by atoms with Crippen LogP contribution in [0.3, 0.4) is 0 Å². The number of fused-ring (bicyclic) bond motifs is 1. The molecule has 0 aromatic heterocycles. The second-order valence-electron chi connectivity index (χ2n) is 5.78. The highest BCUT2D eigenvalue weighted by Crippen LogP contribution is 2.46. The van der Waals surface area contributed by atoms with Crippen molar-refractivity contribution in [3.63, 3.8) is 0 Å². The molecule has 21 heavy (non-hydrogen) atoms. The van der Waals surface area contributed by atoms with E-state index in [-0.39, 0.29) is 0 Å². The second-order valence-corrected chi connectivity index (χ2v) is 6.64. The zero-order valence-electron chi connectivity index (χ0n) is 11.9. The number of aliphatic carboxylic acids is 1. The van der Waals surface area contributed by atoms with E-state index in [4.69, 9.17) is 9.47 Å². The molecule has 0 atom stereocenters. The SMILES string of the molecule is O=C(O)C1(c2cc(Br)c3c(c2)OCCCO3)CCCCC1. The first kappa shape index (κ1) is 14.7. The van der Waals surface area contributed by atoms with Crippen molar-refractivity contribution < 1.29 is 19.4 Å². The van der Waals surface area contributed by atoms with Gasteiger partial charge in [-0.1, -0.05) is 19.3 Å². The van der Waals surface area contributed by atoms with Gasteiger partial charge in [-0.05, 0) is 46.5 Å². The van der Waals surface area contributed by atoms with Crippen LogP contribution in [0.5, 0.6) is 11.5 Å². The van der Waals surface area contributed by atoms with Gasteiger partial charge in [-0.15, -0.1) is 0 Å². The molecule has 4 nitrogen and oxygen atoms in total. The summed E-state index contributed by atoms with van der Waals surface area (Å²) in [7, 11) is 0. The van der Waals surface area contributed by atoms with Gasteiger partial charge in [0.05, 0.1) is 23.1 Å². The van der Waals surface area contributed by atoms with Crippen LogP contribution in [0, 0.1) is 0 Å². The molecule has 114 valence electrons. The molecular formula is C16H19BrO4. The summed E-state index contributed by atoms with van der Waals surface area (Å²) in [5.74, 6) is 0.610. The molecule has 2 aliphatic rings. The fraction of sp³-hybridized carbons (Fsp3) is 0.562. The number of carboxylic acids is 1. The predicted molar refractivity (Wildman–Crippen MR) is 82.1 cm³/mol. The number of benzene rings is 1. The minimum absolute atomic E-state index is 0.600. The molecule has 0 saturated heterocycles. The highest BCUT2D eigenvalue weighted by Gasteiger charge is 2.42. The third kappa shape index (κ3) is 2.63. The number of hydrogen-bond donors (Lipinski definition) is 1. The maximum atomic E-state index is 11.9. The van der Waals surface area contributed by atoms with Crippen LogP contribution in [0.25, 0.3) is 0 Å². The number of rotatable bonds is 2. The molecule has 1 aromatic carbocycles. The van der Waals surface area contributed by atoms with E-state index in [1.165, 1.54) is 0 Å². The Bertz CT molecular complexity index is 549. The van der Waals surface area contributed by atoms with E-state index in [1.54, 1.807) is 0 Å². The summed E-state index contributed by atoms with van der Waals surface area (Å²) in [4.78, 5) is 11.9. The maximum absolute atomic E-state index is 11.9. The van der Waals surface area contributed by atoms with Gasteiger partial charge in [0.1, 0.15) is 0 Å². The van der Waals surface area contributed by atoms with Gasteiger partial charge < -0.3 is 14.6 Å². The molecule has 1 aliphatic heterocycles. The van der Waals surface area contributed by atoms with Crippen LogP contribution < -0.4 is 9.47 Å². The van der Waals surface area contributed by atoms with Gasteiger partial charge in [0, 0.05) is 6.42 Å². The van der Waals surface area contributed by atoms with Gasteiger partial charge in [0.25, 0.3) is 0 Å². The number of halogens is 1. The Labute approximate surface area is 132 Å². The number of carboxylic acid groups (broad SMARTS) is 1. The number of carbonyl (C=O) groups is 1. The van der Waals surface area contributed by atoms with Gasteiger partial charge in [0.15, 0.2) is 11.5 Å². The Balaban J connectivity index is 2.07. The van der Waals surface area contributed by atoms with E-state index < -0.39 is 11.4 Å². The summed E-state index contributed by atoms with van der Waals surface area (Å²) in [5.41, 5.74) is 0.0386. The van der Waals surface area contributed by atoms with E-state index >= 15 is 0 Å². The van der Waals surface area contributed by atoms with Crippen LogP contribution in [0.15, 0.2) is 16.6 Å². The molecule has 0 amide bonds. The minimum atomic E-state index is -0.786. The quantitative estimate of drug-likeness (QED) is 0.874. The molecule has 0 radical (unpaired) electrons. The minimum Gasteiger partial charge on any atom is -0.490 e. The van der Waals surface area contributed by atoms with Crippen LogP contribution in [0.1, 0.15) is 44.1 Å². The Morgan fingerprint density at radius 3 is 2.52 bits per heavy atom. The summed E-state index contributed by atoms with van der Waals surface area (Å²) in [6.45, 7) is 1.22. The molecule has 1 N–H and O–H groups in total. The molecule has 3 rings (SSSR count). The van der Waals surface area contributed by atoms with Crippen molar-refractivity contribution in [3.05, 3.63) is 22.2 Å². The summed E-state index contributed by atoms with van der Waals surface area (Å²) in [6, 6.07) is 3.76. The fourth-order valence-electron chi connectivity index (χ4n) is 3.29. The molecular weight excluding hydrogens is 336 g/mol. The van der Waals surface area contributed by atoms with E-state index in [2.05, 4.69) is 15.9 Å². The van der Waals surface area contributed by atoms with E-state index in [9.17, 15) is 9.90 Å². The summed E-state index contributed by atoms with van der Waals surface area (Å²) < 4.78 is 12.2. The first-order valence-electron chi connectivity index (χ1n) is 7.46. The van der Waals surface area contributed by atoms with Gasteiger partial charge >= 0.3 is 5.97 Å². The van der Waals surface area contributed by atoms with Crippen molar-refractivity contribution in [1.82, 2.24) is 0 Å². The van der Waals surface area contributed by atoms with E-state index in [1.807, 2.05) is 12.1 Å². The zero-order chi connectivity index (χ0) is 14.9. The highest BCUT2D eigenvalue weighted by atomic mass is 79.9. The lowest BCUT2D eigenvalue weighted by molar-refractivity contribution is -0.145. The number of ether oxygens (including phenoxy) is 2. The second kappa shape index (κ2) is 5.87. The zero-order valence-corrected chi connectivity index (χ0v) is 13.4.